The van der Waals surface area contributed by atoms with Crippen molar-refractivity contribution in [3.8, 4) is 0 Å². The van der Waals surface area contributed by atoms with Crippen molar-refractivity contribution < 1.29 is 4.52 Å². The van der Waals surface area contributed by atoms with Crippen molar-refractivity contribution in [2.45, 2.75) is 33.5 Å². The van der Waals surface area contributed by atoms with Gasteiger partial charge in [0.15, 0.2) is 0 Å². The number of aryl methyl sites for hydroxylation is 2. The molecule has 0 fully saturated rings. The van der Waals surface area contributed by atoms with Gasteiger partial charge in [-0.2, -0.15) is 5.10 Å². The van der Waals surface area contributed by atoms with Gasteiger partial charge in [-0.05, 0) is 19.9 Å². The lowest BCUT2D eigenvalue weighted by Crippen LogP contribution is -2.16. The summed E-state index contributed by atoms with van der Waals surface area (Å²) in [7, 11) is 0. The van der Waals surface area contributed by atoms with E-state index in [2.05, 4.69) is 22.5 Å². The van der Waals surface area contributed by atoms with E-state index in [4.69, 9.17) is 4.52 Å². The van der Waals surface area contributed by atoms with Crippen LogP contribution in [0.1, 0.15) is 24.1 Å². The zero-order valence-electron chi connectivity index (χ0n) is 9.60. The fourth-order valence-electron chi connectivity index (χ4n) is 1.61. The fraction of sp³-hybridized carbons (Fsp3) is 0.455. The predicted octanol–water partition coefficient (Wildman–Crippen LogP) is 1.49. The van der Waals surface area contributed by atoms with Crippen molar-refractivity contribution in [3.05, 3.63) is 35.5 Å². The van der Waals surface area contributed by atoms with Gasteiger partial charge in [0, 0.05) is 31.9 Å². The zero-order chi connectivity index (χ0) is 11.4. The summed E-state index contributed by atoms with van der Waals surface area (Å²) in [6, 6.07) is 3.95. The molecule has 0 saturated heterocycles. The van der Waals surface area contributed by atoms with Crippen molar-refractivity contribution in [2.75, 3.05) is 0 Å². The van der Waals surface area contributed by atoms with Gasteiger partial charge in [0.2, 0.25) is 0 Å². The maximum Gasteiger partial charge on any atom is 0.133 e. The van der Waals surface area contributed by atoms with Crippen LogP contribution in [0.15, 0.2) is 22.9 Å². The Bertz CT molecular complexity index is 446. The largest absolute Gasteiger partial charge is 0.361 e. The van der Waals surface area contributed by atoms with E-state index in [1.54, 1.807) is 0 Å². The topological polar surface area (TPSA) is 55.9 Å². The first-order valence-corrected chi connectivity index (χ1v) is 5.43. The van der Waals surface area contributed by atoms with Gasteiger partial charge in [0.25, 0.3) is 0 Å². The Kier molecular flexibility index (Phi) is 3.36. The van der Waals surface area contributed by atoms with Crippen LogP contribution < -0.4 is 5.32 Å². The molecule has 0 unspecified atom stereocenters. The van der Waals surface area contributed by atoms with E-state index in [0.29, 0.717) is 6.54 Å². The maximum atomic E-state index is 4.99. The standard InChI is InChI=1S/C11H16N4O/c1-3-15-11(4-5-13-15)8-12-7-10-6-9(2)16-14-10/h4-6,12H,3,7-8H2,1-2H3. The third-order valence-corrected chi connectivity index (χ3v) is 2.39. The lowest BCUT2D eigenvalue weighted by Gasteiger charge is -2.04. The summed E-state index contributed by atoms with van der Waals surface area (Å²) in [5, 5.41) is 11.4. The highest BCUT2D eigenvalue weighted by atomic mass is 16.5. The minimum Gasteiger partial charge on any atom is -0.361 e. The molecule has 5 nitrogen and oxygen atoms in total. The molecule has 0 aromatic carbocycles. The SMILES string of the molecule is CCn1nccc1CNCc1cc(C)on1. The van der Waals surface area contributed by atoms with Gasteiger partial charge in [0.05, 0.1) is 11.4 Å². The van der Waals surface area contributed by atoms with Crippen molar-refractivity contribution in [2.24, 2.45) is 0 Å². The third kappa shape index (κ3) is 2.49. The van der Waals surface area contributed by atoms with Crippen LogP contribution in [0, 0.1) is 6.92 Å². The van der Waals surface area contributed by atoms with Crippen molar-refractivity contribution in [1.82, 2.24) is 20.3 Å². The smallest absolute Gasteiger partial charge is 0.133 e. The zero-order valence-corrected chi connectivity index (χ0v) is 9.60. The van der Waals surface area contributed by atoms with Crippen LogP contribution >= 0.6 is 0 Å². The van der Waals surface area contributed by atoms with Gasteiger partial charge < -0.3 is 9.84 Å². The molecule has 0 aliphatic carbocycles. The molecule has 2 rings (SSSR count). The highest BCUT2D eigenvalue weighted by Crippen LogP contribution is 2.02. The quantitative estimate of drug-likeness (QED) is 0.829. The van der Waals surface area contributed by atoms with Crippen LogP contribution in [-0.2, 0) is 19.6 Å². The van der Waals surface area contributed by atoms with Crippen LogP contribution in [0.3, 0.4) is 0 Å². The molecule has 0 saturated carbocycles. The van der Waals surface area contributed by atoms with Gasteiger partial charge in [0.1, 0.15) is 5.76 Å². The summed E-state index contributed by atoms with van der Waals surface area (Å²) in [6.45, 7) is 6.37. The minimum absolute atomic E-state index is 0.715. The monoisotopic (exact) mass is 220 g/mol. The first-order chi connectivity index (χ1) is 7.79. The summed E-state index contributed by atoms with van der Waals surface area (Å²) in [5.74, 6) is 0.843. The molecule has 0 spiro atoms. The Hall–Kier alpha value is -1.62. The highest BCUT2D eigenvalue weighted by Gasteiger charge is 2.02. The minimum atomic E-state index is 0.715. The Morgan fingerprint density at radius 1 is 1.44 bits per heavy atom. The van der Waals surface area contributed by atoms with Crippen LogP contribution in [0.25, 0.3) is 0 Å². The van der Waals surface area contributed by atoms with E-state index in [1.165, 1.54) is 5.69 Å². The van der Waals surface area contributed by atoms with Crippen LogP contribution in [0.5, 0.6) is 0 Å². The van der Waals surface area contributed by atoms with Crippen LogP contribution in [0.4, 0.5) is 0 Å². The second kappa shape index (κ2) is 4.94. The lowest BCUT2D eigenvalue weighted by atomic mass is 10.3. The molecule has 5 heteroatoms. The first-order valence-electron chi connectivity index (χ1n) is 5.43. The van der Waals surface area contributed by atoms with E-state index in [1.807, 2.05) is 29.9 Å². The average molecular weight is 220 g/mol. The van der Waals surface area contributed by atoms with Crippen LogP contribution in [0.2, 0.25) is 0 Å². The number of nitrogens with one attached hydrogen (secondary N) is 1. The number of hydrogen-bond donors (Lipinski definition) is 1. The molecule has 0 atom stereocenters. The summed E-state index contributed by atoms with van der Waals surface area (Å²) in [5.41, 5.74) is 2.11. The van der Waals surface area contributed by atoms with Gasteiger partial charge in [-0.25, -0.2) is 0 Å². The molecule has 0 bridgehead atoms. The van der Waals surface area contributed by atoms with E-state index >= 15 is 0 Å². The Morgan fingerprint density at radius 2 is 2.31 bits per heavy atom. The number of rotatable bonds is 5. The molecule has 86 valence electrons. The van der Waals surface area contributed by atoms with Gasteiger partial charge >= 0.3 is 0 Å². The highest BCUT2D eigenvalue weighted by molar-refractivity contribution is 5.04. The molecule has 2 aromatic heterocycles. The van der Waals surface area contributed by atoms with Crippen molar-refractivity contribution in [1.29, 1.82) is 0 Å². The Morgan fingerprint density at radius 3 is 3.00 bits per heavy atom. The van der Waals surface area contributed by atoms with Crippen LogP contribution in [-0.4, -0.2) is 14.9 Å². The van der Waals surface area contributed by atoms with Gasteiger partial charge in [-0.15, -0.1) is 0 Å². The predicted molar refractivity (Wildman–Crippen MR) is 59.7 cm³/mol. The molecule has 0 aliphatic heterocycles. The summed E-state index contributed by atoms with van der Waals surface area (Å²) >= 11 is 0. The molecule has 0 radical (unpaired) electrons. The summed E-state index contributed by atoms with van der Waals surface area (Å²) < 4.78 is 6.96. The second-order valence-electron chi connectivity index (χ2n) is 3.67. The number of nitrogens with zero attached hydrogens (tertiary/aromatic N) is 3. The van der Waals surface area contributed by atoms with Crippen molar-refractivity contribution in [3.63, 3.8) is 0 Å². The number of hydrogen-bond acceptors (Lipinski definition) is 4. The van der Waals surface area contributed by atoms with Gasteiger partial charge in [-0.3, -0.25) is 4.68 Å². The molecule has 0 amide bonds. The second-order valence-corrected chi connectivity index (χ2v) is 3.67. The van der Waals surface area contributed by atoms with E-state index in [-0.39, 0.29) is 0 Å². The molecule has 0 aliphatic rings. The summed E-state index contributed by atoms with van der Waals surface area (Å²) in [4.78, 5) is 0. The number of aromatic nitrogens is 3. The van der Waals surface area contributed by atoms with E-state index in [0.717, 1.165) is 24.5 Å². The van der Waals surface area contributed by atoms with Crippen molar-refractivity contribution >= 4 is 0 Å². The lowest BCUT2D eigenvalue weighted by molar-refractivity contribution is 0.388. The fourth-order valence-corrected chi connectivity index (χ4v) is 1.61. The Labute approximate surface area is 94.4 Å². The molecule has 16 heavy (non-hydrogen) atoms. The normalized spacial score (nSPS) is 10.9. The van der Waals surface area contributed by atoms with E-state index in [9.17, 15) is 0 Å². The molecular formula is C11H16N4O. The summed E-state index contributed by atoms with van der Waals surface area (Å²) in [6.07, 6.45) is 1.82. The molecule has 2 aromatic rings. The van der Waals surface area contributed by atoms with Gasteiger partial charge in [-0.1, -0.05) is 5.16 Å². The maximum absolute atomic E-state index is 4.99. The third-order valence-electron chi connectivity index (χ3n) is 2.39. The van der Waals surface area contributed by atoms with E-state index < -0.39 is 0 Å². The first kappa shape index (κ1) is 10.9. The molecule has 1 N–H and O–H groups in total. The average Bonchev–Trinajstić information content (AvgIpc) is 2.87. The molecule has 2 heterocycles. The molecular weight excluding hydrogens is 204 g/mol. The Balaban J connectivity index is 1.84.